The Labute approximate surface area is 66.4 Å². The molecule has 0 bridgehead atoms. The third-order valence-corrected chi connectivity index (χ3v) is 1.58. The Morgan fingerprint density at radius 1 is 1.36 bits per heavy atom. The van der Waals surface area contributed by atoms with Gasteiger partial charge in [-0.25, -0.2) is 0 Å². The van der Waals surface area contributed by atoms with E-state index in [1.165, 1.54) is 0 Å². The molecular weight excluding hydrogens is 148 g/mol. The maximum Gasteiger partial charge on any atom is 0.186 e. The Balaban J connectivity index is 2.27. The Hall–Kier alpha value is -0.160. The SMILES string of the molecule is COCC(OC)C1OCCO1. The molecule has 1 atom stereocenters. The van der Waals surface area contributed by atoms with E-state index in [9.17, 15) is 0 Å². The lowest BCUT2D eigenvalue weighted by Gasteiger charge is -2.19. The molecule has 1 unspecified atom stereocenters. The molecule has 1 aliphatic heterocycles. The van der Waals surface area contributed by atoms with Gasteiger partial charge in [0, 0.05) is 14.2 Å². The molecule has 4 nitrogen and oxygen atoms in total. The van der Waals surface area contributed by atoms with E-state index in [4.69, 9.17) is 18.9 Å². The molecule has 1 aliphatic rings. The van der Waals surface area contributed by atoms with Gasteiger partial charge in [0.05, 0.1) is 19.8 Å². The van der Waals surface area contributed by atoms with Crippen LogP contribution in [0.2, 0.25) is 0 Å². The molecule has 0 aromatic carbocycles. The van der Waals surface area contributed by atoms with Crippen molar-refractivity contribution in [3.05, 3.63) is 0 Å². The summed E-state index contributed by atoms with van der Waals surface area (Å²) in [7, 11) is 3.25. The minimum absolute atomic E-state index is 0.109. The highest BCUT2D eigenvalue weighted by Crippen LogP contribution is 2.10. The number of methoxy groups -OCH3 is 2. The topological polar surface area (TPSA) is 36.9 Å². The van der Waals surface area contributed by atoms with E-state index in [0.717, 1.165) is 0 Å². The number of rotatable bonds is 4. The fraction of sp³-hybridized carbons (Fsp3) is 1.00. The first-order chi connectivity index (χ1) is 5.38. The quantitative estimate of drug-likeness (QED) is 0.584. The summed E-state index contributed by atoms with van der Waals surface area (Å²) in [4.78, 5) is 0. The molecule has 0 spiro atoms. The van der Waals surface area contributed by atoms with Crippen LogP contribution in [0.25, 0.3) is 0 Å². The highest BCUT2D eigenvalue weighted by atomic mass is 16.7. The second kappa shape index (κ2) is 4.66. The zero-order valence-electron chi connectivity index (χ0n) is 6.91. The number of ether oxygens (including phenoxy) is 4. The van der Waals surface area contributed by atoms with Crippen molar-refractivity contribution in [2.24, 2.45) is 0 Å². The second-order valence-electron chi connectivity index (χ2n) is 2.34. The van der Waals surface area contributed by atoms with Gasteiger partial charge in [-0.05, 0) is 0 Å². The Morgan fingerprint density at radius 2 is 2.00 bits per heavy atom. The molecule has 66 valence electrons. The molecule has 0 radical (unpaired) electrons. The molecule has 11 heavy (non-hydrogen) atoms. The predicted molar refractivity (Wildman–Crippen MR) is 38.4 cm³/mol. The molecule has 0 N–H and O–H groups in total. The van der Waals surface area contributed by atoms with Gasteiger partial charge >= 0.3 is 0 Å². The molecule has 0 aromatic heterocycles. The summed E-state index contributed by atoms with van der Waals surface area (Å²) in [5.74, 6) is 0. The van der Waals surface area contributed by atoms with Gasteiger partial charge in [-0.1, -0.05) is 0 Å². The summed E-state index contributed by atoms with van der Waals surface area (Å²) in [5, 5.41) is 0. The summed E-state index contributed by atoms with van der Waals surface area (Å²) in [6.07, 6.45) is -0.359. The minimum atomic E-state index is -0.250. The Kier molecular flexibility index (Phi) is 3.79. The molecular formula is C7H14O4. The first-order valence-electron chi connectivity index (χ1n) is 3.63. The number of hydrogen-bond donors (Lipinski definition) is 0. The monoisotopic (exact) mass is 162 g/mol. The summed E-state index contributed by atoms with van der Waals surface area (Å²) in [5.41, 5.74) is 0. The van der Waals surface area contributed by atoms with Crippen LogP contribution in [0.1, 0.15) is 0 Å². The van der Waals surface area contributed by atoms with Crippen LogP contribution < -0.4 is 0 Å². The summed E-state index contributed by atoms with van der Waals surface area (Å²) < 4.78 is 20.5. The maximum atomic E-state index is 5.23. The van der Waals surface area contributed by atoms with Crippen LogP contribution in [-0.2, 0) is 18.9 Å². The molecule has 0 saturated carbocycles. The van der Waals surface area contributed by atoms with Gasteiger partial charge in [0.25, 0.3) is 0 Å². The van der Waals surface area contributed by atoms with Crippen LogP contribution in [0.5, 0.6) is 0 Å². The van der Waals surface area contributed by atoms with Crippen molar-refractivity contribution < 1.29 is 18.9 Å². The molecule has 0 aliphatic carbocycles. The van der Waals surface area contributed by atoms with Crippen LogP contribution >= 0.6 is 0 Å². The zero-order valence-corrected chi connectivity index (χ0v) is 6.91. The van der Waals surface area contributed by atoms with Crippen molar-refractivity contribution >= 4 is 0 Å². The lowest BCUT2D eigenvalue weighted by Crippen LogP contribution is -2.32. The van der Waals surface area contributed by atoms with Gasteiger partial charge in [0.2, 0.25) is 0 Å². The fourth-order valence-electron chi connectivity index (χ4n) is 1.01. The van der Waals surface area contributed by atoms with E-state index in [1.807, 2.05) is 0 Å². The van der Waals surface area contributed by atoms with Gasteiger partial charge < -0.3 is 18.9 Å². The van der Waals surface area contributed by atoms with E-state index >= 15 is 0 Å². The summed E-state index contributed by atoms with van der Waals surface area (Å²) in [6.45, 7) is 1.80. The Bertz CT molecular complexity index is 101. The maximum absolute atomic E-state index is 5.23. The van der Waals surface area contributed by atoms with Crippen molar-refractivity contribution in [1.82, 2.24) is 0 Å². The standard InChI is InChI=1S/C7H14O4/c1-8-5-6(9-2)7-10-3-4-11-7/h6-7H,3-5H2,1-2H3. The normalized spacial score (nSPS) is 22.4. The zero-order chi connectivity index (χ0) is 8.10. The molecule has 1 rings (SSSR count). The minimum Gasteiger partial charge on any atom is -0.382 e. The Morgan fingerprint density at radius 3 is 2.45 bits per heavy atom. The first kappa shape index (κ1) is 8.93. The van der Waals surface area contributed by atoms with Crippen LogP contribution in [0.4, 0.5) is 0 Å². The van der Waals surface area contributed by atoms with Crippen molar-refractivity contribution in [1.29, 1.82) is 0 Å². The third-order valence-electron chi connectivity index (χ3n) is 1.58. The summed E-state index contributed by atoms with van der Waals surface area (Å²) >= 11 is 0. The average molecular weight is 162 g/mol. The second-order valence-corrected chi connectivity index (χ2v) is 2.34. The fourth-order valence-corrected chi connectivity index (χ4v) is 1.01. The smallest absolute Gasteiger partial charge is 0.186 e. The van der Waals surface area contributed by atoms with Crippen molar-refractivity contribution in [3.8, 4) is 0 Å². The highest BCUT2D eigenvalue weighted by Gasteiger charge is 2.26. The van der Waals surface area contributed by atoms with Gasteiger partial charge in [0.15, 0.2) is 6.29 Å². The average Bonchev–Trinajstić information content (AvgIpc) is 2.52. The lowest BCUT2D eigenvalue weighted by atomic mass is 10.4. The van der Waals surface area contributed by atoms with Crippen molar-refractivity contribution in [2.75, 3.05) is 34.0 Å². The lowest BCUT2D eigenvalue weighted by molar-refractivity contribution is -0.149. The molecule has 0 aromatic rings. The molecule has 1 fully saturated rings. The molecule has 1 heterocycles. The largest absolute Gasteiger partial charge is 0.382 e. The van der Waals surface area contributed by atoms with E-state index in [0.29, 0.717) is 19.8 Å². The van der Waals surface area contributed by atoms with Gasteiger partial charge in [-0.2, -0.15) is 0 Å². The van der Waals surface area contributed by atoms with Crippen molar-refractivity contribution in [3.63, 3.8) is 0 Å². The highest BCUT2D eigenvalue weighted by molar-refractivity contribution is 4.64. The first-order valence-corrected chi connectivity index (χ1v) is 3.63. The van der Waals surface area contributed by atoms with E-state index in [-0.39, 0.29) is 12.4 Å². The molecule has 1 saturated heterocycles. The van der Waals surface area contributed by atoms with Crippen LogP contribution in [-0.4, -0.2) is 46.4 Å². The van der Waals surface area contributed by atoms with E-state index < -0.39 is 0 Å². The third kappa shape index (κ3) is 2.41. The molecule has 0 amide bonds. The van der Waals surface area contributed by atoms with Crippen LogP contribution in [0.3, 0.4) is 0 Å². The van der Waals surface area contributed by atoms with Crippen LogP contribution in [0.15, 0.2) is 0 Å². The predicted octanol–water partition coefficient (Wildman–Crippen LogP) is 0.0207. The van der Waals surface area contributed by atoms with E-state index in [1.54, 1.807) is 14.2 Å². The van der Waals surface area contributed by atoms with Gasteiger partial charge in [-0.15, -0.1) is 0 Å². The van der Waals surface area contributed by atoms with Gasteiger partial charge in [-0.3, -0.25) is 0 Å². The van der Waals surface area contributed by atoms with Crippen LogP contribution in [0, 0.1) is 0 Å². The van der Waals surface area contributed by atoms with Crippen molar-refractivity contribution in [2.45, 2.75) is 12.4 Å². The van der Waals surface area contributed by atoms with E-state index in [2.05, 4.69) is 0 Å². The summed E-state index contributed by atoms with van der Waals surface area (Å²) in [6, 6.07) is 0. The van der Waals surface area contributed by atoms with Gasteiger partial charge in [0.1, 0.15) is 6.10 Å². The molecule has 4 heteroatoms. The number of hydrogen-bond acceptors (Lipinski definition) is 4.